The minimum atomic E-state index is -0.407. The molecule has 0 aliphatic heterocycles. The molecule has 0 aliphatic rings. The van der Waals surface area contributed by atoms with Crippen LogP contribution in [0.3, 0.4) is 0 Å². The molecule has 0 aliphatic carbocycles. The summed E-state index contributed by atoms with van der Waals surface area (Å²) in [4.78, 5) is 2.11. The lowest BCUT2D eigenvalue weighted by Gasteiger charge is -2.34. The van der Waals surface area contributed by atoms with E-state index in [2.05, 4.69) is 57.1 Å². The van der Waals surface area contributed by atoms with Crippen LogP contribution in [0.1, 0.15) is 206 Å². The number of unbranched alkanes of at least 4 members (excludes halogenated alkanes) is 24. The van der Waals surface area contributed by atoms with Crippen molar-refractivity contribution in [3.63, 3.8) is 0 Å². The lowest BCUT2D eigenvalue weighted by Crippen LogP contribution is -2.38. The highest BCUT2D eigenvalue weighted by molar-refractivity contribution is 4.92. The van der Waals surface area contributed by atoms with Crippen LogP contribution in [-0.4, -0.2) is 38.6 Å². The molecule has 0 spiro atoms. The summed E-state index contributed by atoms with van der Waals surface area (Å²) in [6.07, 6.45) is 49.4. The number of nitrogens with zero attached hydrogens (tertiary/aromatic N) is 1. The Balaban J connectivity index is 3.89. The number of hydrogen-bond acceptors (Lipinski definition) is 3. The van der Waals surface area contributed by atoms with Crippen molar-refractivity contribution in [1.29, 1.82) is 0 Å². The van der Waals surface area contributed by atoms with Crippen LogP contribution < -0.4 is 0 Å². The zero-order valence-corrected chi connectivity index (χ0v) is 31.0. The number of ether oxygens (including phenoxy) is 2. The Morgan fingerprint density at radius 1 is 0.455 bits per heavy atom. The standard InChI is InChI=1S/C41H81NO2/c1-6-8-10-12-14-16-18-20-22-24-26-28-30-32-34-36-38-41(43-5,44-40-42(3)4)39-37-35-33-31-29-27-25-23-21-19-17-15-13-11-9-7-2/h14,16,20,22H,6-13,15,17-19,21,23-40H2,1-5H3/b16-14-,22-20-. The number of allylic oxidation sites excluding steroid dienone is 4. The van der Waals surface area contributed by atoms with Crippen LogP contribution >= 0.6 is 0 Å². The van der Waals surface area contributed by atoms with E-state index in [0.29, 0.717) is 6.73 Å². The molecule has 0 heterocycles. The normalized spacial score (nSPS) is 13.6. The van der Waals surface area contributed by atoms with Gasteiger partial charge in [-0.1, -0.05) is 173 Å². The molecule has 3 nitrogen and oxygen atoms in total. The maximum absolute atomic E-state index is 6.38. The second-order valence-electron chi connectivity index (χ2n) is 13.9. The third-order valence-corrected chi connectivity index (χ3v) is 9.13. The van der Waals surface area contributed by atoms with Crippen molar-refractivity contribution in [1.82, 2.24) is 4.90 Å². The van der Waals surface area contributed by atoms with Crippen molar-refractivity contribution in [3.8, 4) is 0 Å². The molecule has 1 atom stereocenters. The second-order valence-corrected chi connectivity index (χ2v) is 13.9. The topological polar surface area (TPSA) is 21.7 Å². The Hall–Kier alpha value is -0.640. The molecule has 0 aromatic rings. The lowest BCUT2D eigenvalue weighted by atomic mass is 9.98. The molecule has 0 aromatic carbocycles. The molecule has 0 bridgehead atoms. The molecular weight excluding hydrogens is 538 g/mol. The highest BCUT2D eigenvalue weighted by Crippen LogP contribution is 2.28. The van der Waals surface area contributed by atoms with E-state index in [-0.39, 0.29) is 0 Å². The first kappa shape index (κ1) is 43.4. The van der Waals surface area contributed by atoms with Crippen molar-refractivity contribution in [2.24, 2.45) is 0 Å². The maximum Gasteiger partial charge on any atom is 0.169 e. The fourth-order valence-electron chi connectivity index (χ4n) is 6.10. The van der Waals surface area contributed by atoms with Gasteiger partial charge in [0.2, 0.25) is 0 Å². The number of methoxy groups -OCH3 is 1. The van der Waals surface area contributed by atoms with E-state index in [0.717, 1.165) is 19.3 Å². The molecule has 3 heteroatoms. The van der Waals surface area contributed by atoms with E-state index in [1.54, 1.807) is 0 Å². The van der Waals surface area contributed by atoms with Crippen LogP contribution in [0, 0.1) is 0 Å². The Morgan fingerprint density at radius 2 is 0.795 bits per heavy atom. The minimum absolute atomic E-state index is 0.407. The summed E-state index contributed by atoms with van der Waals surface area (Å²) >= 11 is 0. The zero-order valence-electron chi connectivity index (χ0n) is 31.0. The first-order valence-electron chi connectivity index (χ1n) is 19.7. The molecule has 0 N–H and O–H groups in total. The molecule has 0 rings (SSSR count). The first-order chi connectivity index (χ1) is 21.6. The summed E-state index contributed by atoms with van der Waals surface area (Å²) in [5.74, 6) is -0.407. The largest absolute Gasteiger partial charge is 0.353 e. The fourth-order valence-corrected chi connectivity index (χ4v) is 6.10. The molecule has 0 saturated carbocycles. The number of rotatable bonds is 36. The molecule has 0 aromatic heterocycles. The summed E-state index contributed by atoms with van der Waals surface area (Å²) in [6, 6.07) is 0. The Kier molecular flexibility index (Phi) is 34.7. The van der Waals surface area contributed by atoms with Gasteiger partial charge < -0.3 is 9.47 Å². The van der Waals surface area contributed by atoms with Gasteiger partial charge in [-0.3, -0.25) is 4.90 Å². The van der Waals surface area contributed by atoms with Crippen molar-refractivity contribution in [3.05, 3.63) is 24.3 Å². The predicted octanol–water partition coefficient (Wildman–Crippen LogP) is 13.7. The second kappa shape index (κ2) is 35.2. The van der Waals surface area contributed by atoms with Gasteiger partial charge in [-0.25, -0.2) is 0 Å². The van der Waals surface area contributed by atoms with E-state index in [9.17, 15) is 0 Å². The summed E-state index contributed by atoms with van der Waals surface area (Å²) < 4.78 is 12.5. The molecular formula is C41H81NO2. The average Bonchev–Trinajstić information content (AvgIpc) is 3.02. The Labute approximate surface area is 278 Å². The Bertz CT molecular complexity index is 601. The van der Waals surface area contributed by atoms with E-state index in [1.807, 2.05) is 7.11 Å². The monoisotopic (exact) mass is 620 g/mol. The third kappa shape index (κ3) is 31.3. The van der Waals surface area contributed by atoms with Crippen LogP contribution in [0.2, 0.25) is 0 Å². The van der Waals surface area contributed by atoms with Gasteiger partial charge in [-0.05, 0) is 59.0 Å². The van der Waals surface area contributed by atoms with Crippen LogP contribution in [0.15, 0.2) is 24.3 Å². The van der Waals surface area contributed by atoms with E-state index < -0.39 is 5.79 Å². The van der Waals surface area contributed by atoms with Crippen molar-refractivity contribution in [2.45, 2.75) is 212 Å². The minimum Gasteiger partial charge on any atom is -0.353 e. The Morgan fingerprint density at radius 3 is 1.18 bits per heavy atom. The van der Waals surface area contributed by atoms with Crippen molar-refractivity contribution in [2.75, 3.05) is 27.9 Å². The molecule has 0 saturated heterocycles. The summed E-state index contributed by atoms with van der Waals surface area (Å²) in [6.45, 7) is 5.20. The molecule has 44 heavy (non-hydrogen) atoms. The molecule has 0 amide bonds. The van der Waals surface area contributed by atoms with Crippen LogP contribution in [0.5, 0.6) is 0 Å². The van der Waals surface area contributed by atoms with Gasteiger partial charge in [0.1, 0.15) is 6.73 Å². The van der Waals surface area contributed by atoms with E-state index >= 15 is 0 Å². The average molecular weight is 620 g/mol. The van der Waals surface area contributed by atoms with Gasteiger partial charge in [0.25, 0.3) is 0 Å². The zero-order chi connectivity index (χ0) is 32.2. The lowest BCUT2D eigenvalue weighted by molar-refractivity contribution is -0.246. The first-order valence-corrected chi connectivity index (χ1v) is 19.7. The molecule has 0 fully saturated rings. The maximum atomic E-state index is 6.38. The van der Waals surface area contributed by atoms with Gasteiger partial charge in [-0.15, -0.1) is 0 Å². The third-order valence-electron chi connectivity index (χ3n) is 9.13. The van der Waals surface area contributed by atoms with Gasteiger partial charge in [-0.2, -0.15) is 0 Å². The van der Waals surface area contributed by atoms with Crippen LogP contribution in [-0.2, 0) is 9.47 Å². The van der Waals surface area contributed by atoms with Crippen molar-refractivity contribution >= 4 is 0 Å². The van der Waals surface area contributed by atoms with Gasteiger partial charge >= 0.3 is 0 Å². The van der Waals surface area contributed by atoms with E-state index in [1.165, 1.54) is 173 Å². The highest BCUT2D eigenvalue weighted by Gasteiger charge is 2.30. The van der Waals surface area contributed by atoms with Gasteiger partial charge in [0.05, 0.1) is 0 Å². The number of hydrogen-bond donors (Lipinski definition) is 0. The highest BCUT2D eigenvalue weighted by atomic mass is 16.7. The SMILES string of the molecule is CCCCC/C=C\C/C=C\CCCCCCCCC(CCCCCCCCCCCCCCCCCC)(OC)OCN(C)C. The molecule has 1 unspecified atom stereocenters. The summed E-state index contributed by atoms with van der Waals surface area (Å²) in [7, 11) is 6.02. The molecule has 0 radical (unpaired) electrons. The predicted molar refractivity (Wildman–Crippen MR) is 198 cm³/mol. The summed E-state index contributed by atoms with van der Waals surface area (Å²) in [5, 5.41) is 0. The van der Waals surface area contributed by atoms with E-state index in [4.69, 9.17) is 9.47 Å². The van der Waals surface area contributed by atoms with Gasteiger partial charge in [0.15, 0.2) is 5.79 Å². The van der Waals surface area contributed by atoms with Crippen molar-refractivity contribution < 1.29 is 9.47 Å². The van der Waals surface area contributed by atoms with Crippen LogP contribution in [0.4, 0.5) is 0 Å². The summed E-state index contributed by atoms with van der Waals surface area (Å²) in [5.41, 5.74) is 0. The molecule has 262 valence electrons. The quantitative estimate of drug-likeness (QED) is 0.0395. The van der Waals surface area contributed by atoms with Crippen LogP contribution in [0.25, 0.3) is 0 Å². The van der Waals surface area contributed by atoms with Gasteiger partial charge in [0, 0.05) is 20.0 Å². The smallest absolute Gasteiger partial charge is 0.169 e. The fraction of sp³-hybridized carbons (Fsp3) is 0.902.